The highest BCUT2D eigenvalue weighted by Crippen LogP contribution is 2.43. The predicted molar refractivity (Wildman–Crippen MR) is 77.5 cm³/mol. The minimum absolute atomic E-state index is 0.312. The van der Waals surface area contributed by atoms with Gasteiger partial charge in [0.15, 0.2) is 0 Å². The van der Waals surface area contributed by atoms with Crippen LogP contribution in [0.3, 0.4) is 0 Å². The zero-order valence-corrected chi connectivity index (χ0v) is 12.2. The molecule has 24 heavy (non-hydrogen) atoms. The van der Waals surface area contributed by atoms with Gasteiger partial charge in [-0.15, -0.1) is 0 Å². The highest BCUT2D eigenvalue weighted by molar-refractivity contribution is 6.08. The summed E-state index contributed by atoms with van der Waals surface area (Å²) in [6.07, 6.45) is -3.55. The SMILES string of the molecule is O=C1NC(c2ccccc2)(C(F)(F)F)C(=O)N1Cc1ccccn1. The molecule has 1 saturated heterocycles. The Hall–Kier alpha value is -2.90. The number of carbonyl (C=O) groups excluding carboxylic acids is 2. The fourth-order valence-corrected chi connectivity index (χ4v) is 2.61. The maximum absolute atomic E-state index is 13.8. The Balaban J connectivity index is 2.03. The van der Waals surface area contributed by atoms with Crippen molar-refractivity contribution in [3.8, 4) is 0 Å². The van der Waals surface area contributed by atoms with Gasteiger partial charge in [0.2, 0.25) is 5.54 Å². The van der Waals surface area contributed by atoms with Gasteiger partial charge < -0.3 is 5.32 Å². The lowest BCUT2D eigenvalue weighted by Gasteiger charge is -2.29. The summed E-state index contributed by atoms with van der Waals surface area (Å²) in [5.74, 6) is -1.36. The van der Waals surface area contributed by atoms with E-state index in [9.17, 15) is 22.8 Å². The van der Waals surface area contributed by atoms with Crippen LogP contribution in [0.15, 0.2) is 54.7 Å². The largest absolute Gasteiger partial charge is 0.425 e. The number of halogens is 3. The molecule has 1 N–H and O–H groups in total. The molecule has 2 aromatic rings. The Morgan fingerprint density at radius 3 is 2.29 bits per heavy atom. The van der Waals surface area contributed by atoms with Crippen molar-refractivity contribution in [2.75, 3.05) is 0 Å². The summed E-state index contributed by atoms with van der Waals surface area (Å²) in [7, 11) is 0. The van der Waals surface area contributed by atoms with Crippen molar-refractivity contribution in [3.63, 3.8) is 0 Å². The van der Waals surface area contributed by atoms with E-state index < -0.39 is 23.7 Å². The van der Waals surface area contributed by atoms with Crippen LogP contribution in [0, 0.1) is 0 Å². The quantitative estimate of drug-likeness (QED) is 0.877. The van der Waals surface area contributed by atoms with E-state index in [1.165, 1.54) is 30.5 Å². The number of aromatic nitrogens is 1. The molecular weight excluding hydrogens is 323 g/mol. The van der Waals surface area contributed by atoms with E-state index in [1.807, 2.05) is 5.32 Å². The number of amides is 3. The Morgan fingerprint density at radius 1 is 1.04 bits per heavy atom. The lowest BCUT2D eigenvalue weighted by molar-refractivity contribution is -0.198. The molecule has 0 radical (unpaired) electrons. The Morgan fingerprint density at radius 2 is 1.71 bits per heavy atom. The standard InChI is InChI=1S/C16H12F3N3O2/c17-16(18,19)15(11-6-2-1-3-7-11)13(23)22(14(24)21-15)10-12-8-4-5-9-20-12/h1-9H,10H2,(H,21,24). The second-order valence-corrected chi connectivity index (χ2v) is 5.26. The monoisotopic (exact) mass is 335 g/mol. The molecule has 8 heteroatoms. The first-order chi connectivity index (χ1) is 11.4. The molecule has 3 amide bonds. The maximum atomic E-state index is 13.8. The van der Waals surface area contributed by atoms with Crippen LogP contribution >= 0.6 is 0 Å². The fraction of sp³-hybridized carbons (Fsp3) is 0.188. The molecule has 1 unspecified atom stereocenters. The van der Waals surface area contributed by atoms with E-state index >= 15 is 0 Å². The summed E-state index contributed by atoms with van der Waals surface area (Å²) in [5, 5.41) is 1.83. The maximum Gasteiger partial charge on any atom is 0.425 e. The number of nitrogens with one attached hydrogen (secondary N) is 1. The minimum atomic E-state index is -4.99. The van der Waals surface area contributed by atoms with Gasteiger partial charge in [0.25, 0.3) is 5.91 Å². The third-order valence-electron chi connectivity index (χ3n) is 3.78. The number of carbonyl (C=O) groups is 2. The van der Waals surface area contributed by atoms with Crippen molar-refractivity contribution in [1.29, 1.82) is 0 Å². The van der Waals surface area contributed by atoms with E-state index in [0.29, 0.717) is 10.6 Å². The van der Waals surface area contributed by atoms with Crippen LogP contribution in [-0.4, -0.2) is 28.0 Å². The number of urea groups is 1. The van der Waals surface area contributed by atoms with Crippen molar-refractivity contribution in [2.45, 2.75) is 18.3 Å². The average Bonchev–Trinajstić information content (AvgIpc) is 2.82. The summed E-state index contributed by atoms with van der Waals surface area (Å²) in [6.45, 7) is -0.337. The molecule has 0 spiro atoms. The van der Waals surface area contributed by atoms with Crippen LogP contribution in [0.2, 0.25) is 0 Å². The molecule has 1 aromatic carbocycles. The Bertz CT molecular complexity index is 765. The molecule has 124 valence electrons. The molecule has 1 fully saturated rings. The molecule has 2 heterocycles. The van der Waals surface area contributed by atoms with Crippen molar-refractivity contribution in [1.82, 2.24) is 15.2 Å². The lowest BCUT2D eigenvalue weighted by atomic mass is 9.89. The van der Waals surface area contributed by atoms with Gasteiger partial charge in [0.1, 0.15) is 0 Å². The number of hydrogen-bond donors (Lipinski definition) is 1. The van der Waals surface area contributed by atoms with Crippen LogP contribution in [0.4, 0.5) is 18.0 Å². The fourth-order valence-electron chi connectivity index (χ4n) is 2.61. The summed E-state index contributed by atoms with van der Waals surface area (Å²) in [5.41, 5.74) is -3.11. The van der Waals surface area contributed by atoms with Crippen LogP contribution in [0.1, 0.15) is 11.3 Å². The first-order valence-corrected chi connectivity index (χ1v) is 7.02. The number of pyridine rings is 1. The molecule has 3 rings (SSSR count). The first-order valence-electron chi connectivity index (χ1n) is 7.02. The van der Waals surface area contributed by atoms with Crippen LogP contribution in [-0.2, 0) is 16.9 Å². The molecule has 1 aliphatic heterocycles. The van der Waals surface area contributed by atoms with Crippen molar-refractivity contribution in [3.05, 3.63) is 66.0 Å². The molecule has 1 aliphatic rings. The molecule has 1 atom stereocenters. The zero-order chi connectivity index (χ0) is 17.4. The van der Waals surface area contributed by atoms with Gasteiger partial charge in [-0.2, -0.15) is 13.2 Å². The second kappa shape index (κ2) is 5.63. The van der Waals surface area contributed by atoms with E-state index in [1.54, 1.807) is 12.1 Å². The van der Waals surface area contributed by atoms with Crippen LogP contribution in [0.25, 0.3) is 0 Å². The number of rotatable bonds is 3. The molecule has 0 saturated carbocycles. The van der Waals surface area contributed by atoms with Gasteiger partial charge in [-0.1, -0.05) is 36.4 Å². The van der Waals surface area contributed by atoms with E-state index in [4.69, 9.17) is 0 Å². The zero-order valence-electron chi connectivity index (χ0n) is 12.2. The third kappa shape index (κ3) is 2.40. The minimum Gasteiger partial charge on any atom is -0.312 e. The van der Waals surface area contributed by atoms with Gasteiger partial charge in [0, 0.05) is 6.20 Å². The normalized spacial score (nSPS) is 21.0. The Labute approximate surface area is 135 Å². The van der Waals surface area contributed by atoms with E-state index in [2.05, 4.69) is 4.98 Å². The summed E-state index contributed by atoms with van der Waals surface area (Å²) in [6, 6.07) is 10.3. The predicted octanol–water partition coefficient (Wildman–Crippen LogP) is 2.59. The number of imide groups is 1. The van der Waals surface area contributed by atoms with E-state index in [-0.39, 0.29) is 12.1 Å². The van der Waals surface area contributed by atoms with Gasteiger partial charge in [-0.25, -0.2) is 4.79 Å². The van der Waals surface area contributed by atoms with Crippen molar-refractivity contribution >= 4 is 11.9 Å². The Kier molecular flexibility index (Phi) is 3.75. The third-order valence-corrected chi connectivity index (χ3v) is 3.78. The number of benzene rings is 1. The highest BCUT2D eigenvalue weighted by Gasteiger charge is 2.68. The number of alkyl halides is 3. The molecule has 5 nitrogen and oxygen atoms in total. The molecule has 1 aromatic heterocycles. The summed E-state index contributed by atoms with van der Waals surface area (Å²) >= 11 is 0. The smallest absolute Gasteiger partial charge is 0.312 e. The number of hydrogen-bond acceptors (Lipinski definition) is 3. The summed E-state index contributed by atoms with van der Waals surface area (Å²) < 4.78 is 41.3. The average molecular weight is 335 g/mol. The first kappa shape index (κ1) is 16.0. The van der Waals surface area contributed by atoms with Crippen molar-refractivity contribution in [2.24, 2.45) is 0 Å². The number of nitrogens with zero attached hydrogens (tertiary/aromatic N) is 2. The van der Waals surface area contributed by atoms with Gasteiger partial charge in [-0.05, 0) is 17.7 Å². The highest BCUT2D eigenvalue weighted by atomic mass is 19.4. The van der Waals surface area contributed by atoms with Gasteiger partial charge in [-0.3, -0.25) is 14.7 Å². The van der Waals surface area contributed by atoms with Gasteiger partial charge >= 0.3 is 12.2 Å². The van der Waals surface area contributed by atoms with Crippen molar-refractivity contribution < 1.29 is 22.8 Å². The second-order valence-electron chi connectivity index (χ2n) is 5.26. The molecule has 0 aliphatic carbocycles. The molecule has 0 bridgehead atoms. The molecular formula is C16H12F3N3O2. The van der Waals surface area contributed by atoms with Crippen LogP contribution in [0.5, 0.6) is 0 Å². The van der Waals surface area contributed by atoms with E-state index in [0.717, 1.165) is 12.1 Å². The summed E-state index contributed by atoms with van der Waals surface area (Å²) in [4.78, 5) is 29.1. The topological polar surface area (TPSA) is 62.3 Å². The lowest BCUT2D eigenvalue weighted by Crippen LogP contribution is -2.55. The van der Waals surface area contributed by atoms with Crippen LogP contribution < -0.4 is 5.32 Å². The van der Waals surface area contributed by atoms with Gasteiger partial charge in [0.05, 0.1) is 12.2 Å².